The minimum absolute atomic E-state index is 0.202. The normalized spacial score (nSPS) is 12.7. The largest absolute Gasteiger partial charge is 0.238 e. The number of aryl methyl sites for hydroxylation is 2. The highest BCUT2D eigenvalue weighted by molar-refractivity contribution is 5.31. The Kier molecular flexibility index (Phi) is 5.28. The van der Waals surface area contributed by atoms with Crippen molar-refractivity contribution >= 4 is 0 Å². The topological polar surface area (TPSA) is 25.8 Å². The lowest BCUT2D eigenvalue weighted by Gasteiger charge is -2.16. The van der Waals surface area contributed by atoms with E-state index in [1.807, 2.05) is 26.0 Å². The molecule has 1 heterocycles. The third-order valence-corrected chi connectivity index (χ3v) is 4.40. The molecule has 1 aromatic carbocycles. The molecule has 0 spiro atoms. The van der Waals surface area contributed by atoms with E-state index in [1.54, 1.807) is 0 Å². The zero-order valence-corrected chi connectivity index (χ0v) is 14.2. The van der Waals surface area contributed by atoms with E-state index in [1.165, 1.54) is 12.1 Å². The Morgan fingerprint density at radius 2 is 1.50 bits per heavy atom. The van der Waals surface area contributed by atoms with Crippen LogP contribution in [0.2, 0.25) is 0 Å². The van der Waals surface area contributed by atoms with Gasteiger partial charge in [-0.2, -0.15) is 0 Å². The highest BCUT2D eigenvalue weighted by Gasteiger charge is 2.13. The van der Waals surface area contributed by atoms with Crippen molar-refractivity contribution in [3.8, 4) is 0 Å². The molecule has 0 saturated carbocycles. The minimum atomic E-state index is -0.202. The number of nitrogens with zero attached hydrogens (tertiary/aromatic N) is 2. The van der Waals surface area contributed by atoms with Crippen LogP contribution < -0.4 is 0 Å². The van der Waals surface area contributed by atoms with Crippen LogP contribution in [0.4, 0.5) is 4.39 Å². The van der Waals surface area contributed by atoms with Gasteiger partial charge >= 0.3 is 0 Å². The molecule has 0 aliphatic carbocycles. The molecule has 0 radical (unpaired) electrons. The lowest BCUT2D eigenvalue weighted by Crippen LogP contribution is -2.13. The first-order valence-corrected chi connectivity index (χ1v) is 7.94. The average molecular weight is 300 g/mol. The SMILES string of the molecule is Cc1nc(CC(C)C(C)C)nc(C)c1Cc1ccc(F)cc1. The Morgan fingerprint density at radius 3 is 2.00 bits per heavy atom. The first-order chi connectivity index (χ1) is 10.4. The van der Waals surface area contributed by atoms with Crippen molar-refractivity contribution < 1.29 is 4.39 Å². The van der Waals surface area contributed by atoms with Crippen molar-refractivity contribution in [2.45, 2.75) is 47.5 Å². The van der Waals surface area contributed by atoms with Crippen LogP contribution in [0.5, 0.6) is 0 Å². The average Bonchev–Trinajstić information content (AvgIpc) is 2.44. The fourth-order valence-electron chi connectivity index (χ4n) is 2.49. The molecule has 0 saturated heterocycles. The number of benzene rings is 1. The fourth-order valence-corrected chi connectivity index (χ4v) is 2.49. The van der Waals surface area contributed by atoms with Crippen LogP contribution in [0.15, 0.2) is 24.3 Å². The van der Waals surface area contributed by atoms with Gasteiger partial charge in [0.25, 0.3) is 0 Å². The van der Waals surface area contributed by atoms with Crippen LogP contribution in [-0.4, -0.2) is 9.97 Å². The number of halogens is 1. The molecule has 1 aromatic heterocycles. The molecule has 0 aliphatic heterocycles. The summed E-state index contributed by atoms with van der Waals surface area (Å²) in [6.07, 6.45) is 1.66. The van der Waals surface area contributed by atoms with E-state index in [9.17, 15) is 4.39 Å². The highest BCUT2D eigenvalue weighted by atomic mass is 19.1. The van der Waals surface area contributed by atoms with Gasteiger partial charge in [-0.25, -0.2) is 14.4 Å². The summed E-state index contributed by atoms with van der Waals surface area (Å²) in [5.74, 6) is 1.93. The lowest BCUT2D eigenvalue weighted by molar-refractivity contribution is 0.408. The Hall–Kier alpha value is -1.77. The van der Waals surface area contributed by atoms with E-state index in [0.717, 1.165) is 41.2 Å². The maximum atomic E-state index is 13.0. The highest BCUT2D eigenvalue weighted by Crippen LogP contribution is 2.19. The second kappa shape index (κ2) is 6.99. The first kappa shape index (κ1) is 16.6. The lowest BCUT2D eigenvalue weighted by atomic mass is 9.94. The monoisotopic (exact) mass is 300 g/mol. The van der Waals surface area contributed by atoms with Gasteiger partial charge in [-0.1, -0.05) is 32.9 Å². The molecule has 118 valence electrons. The summed E-state index contributed by atoms with van der Waals surface area (Å²) < 4.78 is 13.0. The van der Waals surface area contributed by atoms with E-state index >= 15 is 0 Å². The molecule has 2 aromatic rings. The standard InChI is InChI=1S/C19H25FN2/c1-12(2)13(3)10-19-21-14(4)18(15(5)22-19)11-16-6-8-17(20)9-7-16/h6-9,12-13H,10-11H2,1-5H3. The fraction of sp³-hybridized carbons (Fsp3) is 0.474. The maximum Gasteiger partial charge on any atom is 0.129 e. The van der Waals surface area contributed by atoms with E-state index in [2.05, 4.69) is 30.7 Å². The van der Waals surface area contributed by atoms with Crippen molar-refractivity contribution in [2.75, 3.05) is 0 Å². The summed E-state index contributed by atoms with van der Waals surface area (Å²) in [4.78, 5) is 9.37. The molecule has 0 aliphatic rings. The van der Waals surface area contributed by atoms with E-state index in [-0.39, 0.29) is 5.82 Å². The van der Waals surface area contributed by atoms with Crippen molar-refractivity contribution in [1.82, 2.24) is 9.97 Å². The third-order valence-electron chi connectivity index (χ3n) is 4.40. The summed E-state index contributed by atoms with van der Waals surface area (Å²) >= 11 is 0. The van der Waals surface area contributed by atoms with Crippen molar-refractivity contribution in [3.63, 3.8) is 0 Å². The van der Waals surface area contributed by atoms with Gasteiger partial charge in [0.05, 0.1) is 0 Å². The Bertz CT molecular complexity index is 609. The van der Waals surface area contributed by atoms with Crippen molar-refractivity contribution in [3.05, 3.63) is 58.4 Å². The zero-order valence-electron chi connectivity index (χ0n) is 14.2. The van der Waals surface area contributed by atoms with Gasteiger partial charge < -0.3 is 0 Å². The van der Waals surface area contributed by atoms with Crippen LogP contribution in [0, 0.1) is 31.5 Å². The quantitative estimate of drug-likeness (QED) is 0.802. The number of rotatable bonds is 5. The summed E-state index contributed by atoms with van der Waals surface area (Å²) in [6, 6.07) is 6.64. The molecule has 2 rings (SSSR count). The van der Waals surface area contributed by atoms with Crippen molar-refractivity contribution in [1.29, 1.82) is 0 Å². The number of hydrogen-bond acceptors (Lipinski definition) is 2. The summed E-state index contributed by atoms with van der Waals surface area (Å²) in [6.45, 7) is 10.8. The Morgan fingerprint density at radius 1 is 0.955 bits per heavy atom. The van der Waals surface area contributed by atoms with Gasteiger partial charge in [-0.3, -0.25) is 0 Å². The second-order valence-electron chi connectivity index (χ2n) is 6.52. The summed E-state index contributed by atoms with van der Waals surface area (Å²) in [5.41, 5.74) is 4.29. The predicted molar refractivity (Wildman–Crippen MR) is 88.4 cm³/mol. The molecule has 0 bridgehead atoms. The van der Waals surface area contributed by atoms with Crippen LogP contribution in [0.25, 0.3) is 0 Å². The van der Waals surface area contributed by atoms with Gasteiger partial charge in [0.1, 0.15) is 11.6 Å². The molecular formula is C19H25FN2. The van der Waals surface area contributed by atoms with E-state index in [0.29, 0.717) is 11.8 Å². The molecule has 1 atom stereocenters. The molecule has 2 nitrogen and oxygen atoms in total. The first-order valence-electron chi connectivity index (χ1n) is 7.94. The number of aromatic nitrogens is 2. The number of hydrogen-bond donors (Lipinski definition) is 0. The van der Waals surface area contributed by atoms with Crippen LogP contribution in [-0.2, 0) is 12.8 Å². The van der Waals surface area contributed by atoms with Gasteiger partial charge in [-0.15, -0.1) is 0 Å². The van der Waals surface area contributed by atoms with Gasteiger partial charge in [-0.05, 0) is 48.9 Å². The molecule has 22 heavy (non-hydrogen) atoms. The smallest absolute Gasteiger partial charge is 0.129 e. The van der Waals surface area contributed by atoms with Crippen LogP contribution in [0.1, 0.15) is 49.1 Å². The Balaban J connectivity index is 2.21. The van der Waals surface area contributed by atoms with Crippen molar-refractivity contribution in [2.24, 2.45) is 11.8 Å². The van der Waals surface area contributed by atoms with Gasteiger partial charge in [0.2, 0.25) is 0 Å². The third kappa shape index (κ3) is 4.12. The molecule has 3 heteroatoms. The Labute approximate surface area is 132 Å². The van der Waals surface area contributed by atoms with Gasteiger partial charge in [0.15, 0.2) is 0 Å². The molecule has 1 unspecified atom stereocenters. The predicted octanol–water partition coefficient (Wildman–Crippen LogP) is 4.66. The summed E-state index contributed by atoms with van der Waals surface area (Å²) in [7, 11) is 0. The van der Waals surface area contributed by atoms with Crippen LogP contribution in [0.3, 0.4) is 0 Å². The maximum absolute atomic E-state index is 13.0. The summed E-state index contributed by atoms with van der Waals surface area (Å²) in [5, 5.41) is 0. The van der Waals surface area contributed by atoms with E-state index in [4.69, 9.17) is 0 Å². The molecule has 0 amide bonds. The second-order valence-corrected chi connectivity index (χ2v) is 6.52. The van der Waals surface area contributed by atoms with E-state index < -0.39 is 0 Å². The minimum Gasteiger partial charge on any atom is -0.238 e. The van der Waals surface area contributed by atoms with Crippen LogP contribution >= 0.6 is 0 Å². The van der Waals surface area contributed by atoms with Gasteiger partial charge in [0, 0.05) is 24.2 Å². The zero-order chi connectivity index (χ0) is 16.3. The molecule has 0 fully saturated rings. The molecule has 0 N–H and O–H groups in total. The molecular weight excluding hydrogens is 275 g/mol.